The molecule has 0 aliphatic rings. The lowest BCUT2D eigenvalue weighted by Crippen LogP contribution is -2.10. The molecule has 0 spiro atoms. The van der Waals surface area contributed by atoms with Crippen LogP contribution in [0, 0.1) is 0 Å². The minimum absolute atomic E-state index is 0.0991. The summed E-state index contributed by atoms with van der Waals surface area (Å²) in [5.74, 6) is 1.52. The van der Waals surface area contributed by atoms with Crippen LogP contribution in [0.3, 0.4) is 0 Å². The summed E-state index contributed by atoms with van der Waals surface area (Å²) in [6.45, 7) is 6.53. The Kier molecular flexibility index (Phi) is 4.61. The highest BCUT2D eigenvalue weighted by molar-refractivity contribution is 7.98. The highest BCUT2D eigenvalue weighted by Crippen LogP contribution is 2.28. The van der Waals surface area contributed by atoms with Gasteiger partial charge in [0, 0.05) is 5.56 Å². The van der Waals surface area contributed by atoms with Crippen LogP contribution in [0.15, 0.2) is 50.1 Å². The van der Waals surface area contributed by atoms with Crippen molar-refractivity contribution in [3.8, 4) is 11.5 Å². The molecule has 3 aromatic heterocycles. The number of hydrogen-bond acceptors (Lipinski definition) is 7. The molecular weight excluding hydrogens is 380 g/mol. The number of aromatic amines is 1. The lowest BCUT2D eigenvalue weighted by atomic mass is 9.87. The van der Waals surface area contributed by atoms with Gasteiger partial charge >= 0.3 is 0 Å². The van der Waals surface area contributed by atoms with Gasteiger partial charge in [-0.3, -0.25) is 4.79 Å². The zero-order valence-corrected chi connectivity index (χ0v) is 16.8. The SMILES string of the molecule is CC(C)(C)c1ccc(-c2nnc(SCc3nc4ccsc4c(=O)[nH]3)o2)cc1. The first-order valence-electron chi connectivity index (χ1n) is 8.44. The number of fused-ring (bicyclic) bond motifs is 1. The average molecular weight is 399 g/mol. The van der Waals surface area contributed by atoms with Gasteiger partial charge in [-0.15, -0.1) is 21.5 Å². The quantitative estimate of drug-likeness (QED) is 0.505. The molecule has 1 N–H and O–H groups in total. The van der Waals surface area contributed by atoms with E-state index in [1.54, 1.807) is 0 Å². The molecule has 4 rings (SSSR count). The topological polar surface area (TPSA) is 84.7 Å². The molecule has 0 aliphatic carbocycles. The second-order valence-electron chi connectivity index (χ2n) is 7.14. The molecule has 0 aliphatic heterocycles. The van der Waals surface area contributed by atoms with E-state index in [-0.39, 0.29) is 11.0 Å². The number of hydrogen-bond donors (Lipinski definition) is 1. The lowest BCUT2D eigenvalue weighted by Gasteiger charge is -2.18. The number of thioether (sulfide) groups is 1. The molecule has 0 amide bonds. The summed E-state index contributed by atoms with van der Waals surface area (Å²) in [5.41, 5.74) is 2.83. The normalized spacial score (nSPS) is 12.0. The van der Waals surface area contributed by atoms with Crippen molar-refractivity contribution >= 4 is 33.3 Å². The Morgan fingerprint density at radius 3 is 2.67 bits per heavy atom. The standard InChI is InChI=1S/C19H18N4O2S2/c1-19(2,3)12-6-4-11(5-7-12)17-22-23-18(25-17)27-10-14-20-13-8-9-26-15(13)16(24)21-14/h4-9H,10H2,1-3H3,(H,20,21,24). The second kappa shape index (κ2) is 6.94. The van der Waals surface area contributed by atoms with Crippen molar-refractivity contribution in [1.29, 1.82) is 0 Å². The van der Waals surface area contributed by atoms with E-state index in [1.807, 2.05) is 23.6 Å². The Balaban J connectivity index is 1.48. The molecule has 0 unspecified atom stereocenters. The smallest absolute Gasteiger partial charge is 0.277 e. The molecule has 4 aromatic rings. The van der Waals surface area contributed by atoms with Crippen molar-refractivity contribution in [3.05, 3.63) is 57.5 Å². The van der Waals surface area contributed by atoms with Crippen molar-refractivity contribution in [2.24, 2.45) is 0 Å². The molecule has 0 bridgehead atoms. The van der Waals surface area contributed by atoms with E-state index in [0.29, 0.717) is 32.9 Å². The summed E-state index contributed by atoms with van der Waals surface area (Å²) in [6, 6.07) is 9.99. The molecule has 8 heteroatoms. The summed E-state index contributed by atoms with van der Waals surface area (Å²) >= 11 is 2.73. The van der Waals surface area contributed by atoms with Crippen molar-refractivity contribution in [2.45, 2.75) is 37.2 Å². The van der Waals surface area contributed by atoms with Crippen LogP contribution in [0.5, 0.6) is 0 Å². The van der Waals surface area contributed by atoms with Crippen LogP contribution in [0.2, 0.25) is 0 Å². The molecule has 0 saturated heterocycles. The van der Waals surface area contributed by atoms with E-state index >= 15 is 0 Å². The summed E-state index contributed by atoms with van der Waals surface area (Å²) < 4.78 is 6.38. The fourth-order valence-electron chi connectivity index (χ4n) is 2.62. The van der Waals surface area contributed by atoms with Gasteiger partial charge < -0.3 is 9.40 Å². The van der Waals surface area contributed by atoms with Gasteiger partial charge in [-0.25, -0.2) is 4.98 Å². The zero-order chi connectivity index (χ0) is 19.0. The largest absolute Gasteiger partial charge is 0.411 e. The molecule has 0 atom stereocenters. The number of rotatable bonds is 4. The van der Waals surface area contributed by atoms with Gasteiger partial charge in [-0.2, -0.15) is 0 Å². The summed E-state index contributed by atoms with van der Waals surface area (Å²) in [5, 5.41) is 10.5. The number of benzene rings is 1. The number of H-pyrrole nitrogens is 1. The minimum Gasteiger partial charge on any atom is -0.411 e. The van der Waals surface area contributed by atoms with E-state index in [2.05, 4.69) is 53.1 Å². The van der Waals surface area contributed by atoms with Gasteiger partial charge in [-0.1, -0.05) is 44.7 Å². The Morgan fingerprint density at radius 1 is 1.15 bits per heavy atom. The molecule has 1 aromatic carbocycles. The van der Waals surface area contributed by atoms with Gasteiger partial charge in [0.1, 0.15) is 10.5 Å². The molecule has 138 valence electrons. The van der Waals surface area contributed by atoms with Crippen LogP contribution < -0.4 is 5.56 Å². The fraction of sp³-hybridized carbons (Fsp3) is 0.263. The average Bonchev–Trinajstić information content (AvgIpc) is 3.29. The maximum Gasteiger partial charge on any atom is 0.277 e. The van der Waals surface area contributed by atoms with Gasteiger partial charge in [0.2, 0.25) is 5.89 Å². The first-order valence-corrected chi connectivity index (χ1v) is 10.3. The number of nitrogens with one attached hydrogen (secondary N) is 1. The maximum absolute atomic E-state index is 12.0. The molecule has 0 saturated carbocycles. The minimum atomic E-state index is -0.115. The molecule has 27 heavy (non-hydrogen) atoms. The Bertz CT molecular complexity index is 1140. The van der Waals surface area contributed by atoms with E-state index in [1.165, 1.54) is 28.7 Å². The fourth-order valence-corrected chi connectivity index (χ4v) is 3.98. The maximum atomic E-state index is 12.0. The first kappa shape index (κ1) is 17.9. The van der Waals surface area contributed by atoms with Gasteiger partial charge in [-0.05, 0) is 34.6 Å². The summed E-state index contributed by atoms with van der Waals surface area (Å²) in [7, 11) is 0. The predicted molar refractivity (Wildman–Crippen MR) is 108 cm³/mol. The van der Waals surface area contributed by atoms with Gasteiger partial charge in [0.25, 0.3) is 10.8 Å². The zero-order valence-electron chi connectivity index (χ0n) is 15.1. The van der Waals surface area contributed by atoms with Crippen molar-refractivity contribution < 1.29 is 4.42 Å². The van der Waals surface area contributed by atoms with Crippen LogP contribution in [-0.2, 0) is 11.2 Å². The van der Waals surface area contributed by atoms with Crippen molar-refractivity contribution in [2.75, 3.05) is 0 Å². The molecule has 6 nitrogen and oxygen atoms in total. The Hall–Kier alpha value is -2.45. The van der Waals surface area contributed by atoms with Crippen molar-refractivity contribution in [1.82, 2.24) is 20.2 Å². The molecule has 0 fully saturated rings. The Labute approximate surface area is 164 Å². The number of thiophene rings is 1. The van der Waals surface area contributed by atoms with E-state index in [0.717, 1.165) is 5.56 Å². The Morgan fingerprint density at radius 2 is 1.93 bits per heavy atom. The van der Waals surface area contributed by atoms with Crippen LogP contribution >= 0.6 is 23.1 Å². The summed E-state index contributed by atoms with van der Waals surface area (Å²) in [6.07, 6.45) is 0. The number of aromatic nitrogens is 4. The number of nitrogens with zero attached hydrogens (tertiary/aromatic N) is 3. The summed E-state index contributed by atoms with van der Waals surface area (Å²) in [4.78, 5) is 19.3. The van der Waals surface area contributed by atoms with E-state index in [9.17, 15) is 4.79 Å². The van der Waals surface area contributed by atoms with Gasteiger partial charge in [0.15, 0.2) is 0 Å². The monoisotopic (exact) mass is 398 g/mol. The molecular formula is C19H18N4O2S2. The third-order valence-corrected chi connectivity index (χ3v) is 5.83. The van der Waals surface area contributed by atoms with Crippen molar-refractivity contribution in [3.63, 3.8) is 0 Å². The second-order valence-corrected chi connectivity index (χ2v) is 8.98. The van der Waals surface area contributed by atoms with Crippen LogP contribution in [0.25, 0.3) is 21.7 Å². The van der Waals surface area contributed by atoms with Gasteiger partial charge in [0.05, 0.1) is 11.3 Å². The van der Waals surface area contributed by atoms with E-state index < -0.39 is 0 Å². The van der Waals surface area contributed by atoms with E-state index in [4.69, 9.17) is 4.42 Å². The molecule has 3 heterocycles. The lowest BCUT2D eigenvalue weighted by molar-refractivity contribution is 0.465. The highest BCUT2D eigenvalue weighted by Gasteiger charge is 2.15. The third-order valence-electron chi connectivity index (χ3n) is 4.10. The third kappa shape index (κ3) is 3.81. The highest BCUT2D eigenvalue weighted by atomic mass is 32.2. The van der Waals surface area contributed by atoms with Crippen LogP contribution in [0.4, 0.5) is 0 Å². The first-order chi connectivity index (χ1) is 12.9. The van der Waals surface area contributed by atoms with Crippen LogP contribution in [0.1, 0.15) is 32.2 Å². The molecule has 0 radical (unpaired) electrons. The predicted octanol–water partition coefficient (Wildman–Crippen LogP) is 4.62. The van der Waals surface area contributed by atoms with Crippen LogP contribution in [-0.4, -0.2) is 20.2 Å².